The van der Waals surface area contributed by atoms with Crippen LogP contribution in [0.3, 0.4) is 0 Å². The molecule has 0 radical (unpaired) electrons. The van der Waals surface area contributed by atoms with Crippen LogP contribution in [0.5, 0.6) is 5.75 Å². The molecule has 2 aliphatic rings. The number of thiocarbonyl (C=S) groups is 1. The molecule has 0 bridgehead atoms. The SMILES string of the molecule is COc1ccc(C2NN(CN3CCOCC3)C(=S)N2Cc2ccccc2)cc1. The maximum absolute atomic E-state index is 5.86. The first-order valence-electron chi connectivity index (χ1n) is 9.57. The number of rotatable bonds is 6. The predicted molar refractivity (Wildman–Crippen MR) is 113 cm³/mol. The van der Waals surface area contributed by atoms with Crippen LogP contribution in [0.25, 0.3) is 0 Å². The number of hydrazine groups is 1. The van der Waals surface area contributed by atoms with Crippen molar-refractivity contribution in [3.05, 3.63) is 65.7 Å². The van der Waals surface area contributed by atoms with Crippen LogP contribution < -0.4 is 10.2 Å². The molecule has 2 fully saturated rings. The van der Waals surface area contributed by atoms with Crippen LogP contribution in [0.4, 0.5) is 0 Å². The number of nitrogens with one attached hydrogen (secondary N) is 1. The van der Waals surface area contributed by atoms with Crippen molar-refractivity contribution in [2.75, 3.05) is 40.1 Å². The van der Waals surface area contributed by atoms with Crippen LogP contribution in [0.15, 0.2) is 54.6 Å². The summed E-state index contributed by atoms with van der Waals surface area (Å²) in [6, 6.07) is 18.6. The van der Waals surface area contributed by atoms with Gasteiger partial charge in [-0.3, -0.25) is 9.91 Å². The van der Waals surface area contributed by atoms with Crippen molar-refractivity contribution in [2.24, 2.45) is 0 Å². The summed E-state index contributed by atoms with van der Waals surface area (Å²) in [7, 11) is 1.68. The van der Waals surface area contributed by atoms with Crippen molar-refractivity contribution < 1.29 is 9.47 Å². The molecule has 7 heteroatoms. The molecule has 2 saturated heterocycles. The second-order valence-electron chi connectivity index (χ2n) is 7.00. The molecule has 2 aliphatic heterocycles. The van der Waals surface area contributed by atoms with Gasteiger partial charge >= 0.3 is 0 Å². The highest BCUT2D eigenvalue weighted by Gasteiger charge is 2.35. The summed E-state index contributed by atoms with van der Waals surface area (Å²) in [5, 5.41) is 2.90. The van der Waals surface area contributed by atoms with Crippen LogP contribution >= 0.6 is 12.2 Å². The highest BCUT2D eigenvalue weighted by Crippen LogP contribution is 2.29. The minimum absolute atomic E-state index is 0.0142. The molecule has 0 spiro atoms. The summed E-state index contributed by atoms with van der Waals surface area (Å²) < 4.78 is 10.8. The largest absolute Gasteiger partial charge is 0.497 e. The van der Waals surface area contributed by atoms with Crippen molar-refractivity contribution in [3.8, 4) is 5.75 Å². The molecule has 1 atom stereocenters. The molecular formula is C21H26N4O2S. The van der Waals surface area contributed by atoms with E-state index in [-0.39, 0.29) is 6.17 Å². The molecule has 0 saturated carbocycles. The smallest absolute Gasteiger partial charge is 0.189 e. The molecule has 0 aliphatic carbocycles. The molecule has 6 nitrogen and oxygen atoms in total. The molecule has 1 N–H and O–H groups in total. The molecule has 2 aromatic carbocycles. The zero-order valence-corrected chi connectivity index (χ0v) is 16.9. The minimum atomic E-state index is -0.0142. The van der Waals surface area contributed by atoms with Crippen molar-refractivity contribution in [2.45, 2.75) is 12.7 Å². The van der Waals surface area contributed by atoms with Crippen LogP contribution in [-0.2, 0) is 11.3 Å². The highest BCUT2D eigenvalue weighted by molar-refractivity contribution is 7.80. The van der Waals surface area contributed by atoms with E-state index in [0.29, 0.717) is 0 Å². The molecule has 148 valence electrons. The fourth-order valence-corrected chi connectivity index (χ4v) is 3.84. The molecule has 1 unspecified atom stereocenters. The molecule has 4 rings (SSSR count). The Morgan fingerprint density at radius 3 is 2.46 bits per heavy atom. The number of morpholine rings is 1. The number of hydrogen-bond acceptors (Lipinski definition) is 5. The maximum Gasteiger partial charge on any atom is 0.189 e. The minimum Gasteiger partial charge on any atom is -0.497 e. The molecule has 0 aromatic heterocycles. The Bertz CT molecular complexity index is 781. The number of hydrogen-bond donors (Lipinski definition) is 1. The Balaban J connectivity index is 1.55. The summed E-state index contributed by atoms with van der Waals surface area (Å²) >= 11 is 5.86. The summed E-state index contributed by atoms with van der Waals surface area (Å²) in [6.45, 7) is 4.90. The summed E-state index contributed by atoms with van der Waals surface area (Å²) in [5.74, 6) is 0.851. The standard InChI is InChI=1S/C21H26N4O2S/c1-26-19-9-7-18(8-10-19)20-22-25(16-23-11-13-27-14-12-23)21(28)24(20)15-17-5-3-2-4-6-17/h2-10,20,22H,11-16H2,1H3. The molecular weight excluding hydrogens is 372 g/mol. The molecule has 0 amide bonds. The lowest BCUT2D eigenvalue weighted by Crippen LogP contribution is -2.48. The van der Waals surface area contributed by atoms with E-state index < -0.39 is 0 Å². The van der Waals surface area contributed by atoms with Crippen molar-refractivity contribution in [1.29, 1.82) is 0 Å². The van der Waals surface area contributed by atoms with E-state index in [1.54, 1.807) is 7.11 Å². The number of ether oxygens (including phenoxy) is 2. The number of methoxy groups -OCH3 is 1. The van der Waals surface area contributed by atoms with E-state index in [4.69, 9.17) is 21.7 Å². The quantitative estimate of drug-likeness (QED) is 0.750. The first-order chi connectivity index (χ1) is 13.7. The van der Waals surface area contributed by atoms with Gasteiger partial charge in [0, 0.05) is 19.6 Å². The van der Waals surface area contributed by atoms with Gasteiger partial charge in [0.05, 0.1) is 27.0 Å². The van der Waals surface area contributed by atoms with Crippen molar-refractivity contribution in [3.63, 3.8) is 0 Å². The van der Waals surface area contributed by atoms with Gasteiger partial charge in [-0.25, -0.2) is 5.43 Å². The van der Waals surface area contributed by atoms with Gasteiger partial charge in [0.1, 0.15) is 11.9 Å². The van der Waals surface area contributed by atoms with Gasteiger partial charge in [0.2, 0.25) is 0 Å². The fourth-order valence-electron chi connectivity index (χ4n) is 3.56. The van der Waals surface area contributed by atoms with Gasteiger partial charge in [0.15, 0.2) is 5.11 Å². The third kappa shape index (κ3) is 4.28. The van der Waals surface area contributed by atoms with Gasteiger partial charge in [-0.1, -0.05) is 42.5 Å². The Labute approximate surface area is 171 Å². The van der Waals surface area contributed by atoms with E-state index in [9.17, 15) is 0 Å². The third-order valence-electron chi connectivity index (χ3n) is 5.14. The zero-order chi connectivity index (χ0) is 19.3. The van der Waals surface area contributed by atoms with Gasteiger partial charge in [-0.15, -0.1) is 0 Å². The van der Waals surface area contributed by atoms with Crippen LogP contribution in [0, 0.1) is 0 Å². The topological polar surface area (TPSA) is 40.2 Å². The van der Waals surface area contributed by atoms with Gasteiger partial charge in [0.25, 0.3) is 0 Å². The lowest BCUT2D eigenvalue weighted by molar-refractivity contribution is 0.0157. The average Bonchev–Trinajstić information content (AvgIpc) is 3.05. The van der Waals surface area contributed by atoms with Crippen LogP contribution in [0.2, 0.25) is 0 Å². The number of benzene rings is 2. The average molecular weight is 399 g/mol. The lowest BCUT2D eigenvalue weighted by atomic mass is 10.1. The zero-order valence-electron chi connectivity index (χ0n) is 16.1. The third-order valence-corrected chi connectivity index (χ3v) is 5.59. The molecule has 28 heavy (non-hydrogen) atoms. The van der Waals surface area contributed by atoms with Gasteiger partial charge < -0.3 is 14.4 Å². The molecule has 2 heterocycles. The second kappa shape index (κ2) is 8.87. The van der Waals surface area contributed by atoms with Gasteiger partial charge in [-0.2, -0.15) is 0 Å². The van der Waals surface area contributed by atoms with E-state index >= 15 is 0 Å². The van der Waals surface area contributed by atoms with E-state index in [1.165, 1.54) is 5.56 Å². The Kier molecular flexibility index (Phi) is 6.07. The predicted octanol–water partition coefficient (Wildman–Crippen LogP) is 2.59. The monoisotopic (exact) mass is 398 g/mol. The highest BCUT2D eigenvalue weighted by atomic mass is 32.1. The Morgan fingerprint density at radius 2 is 1.79 bits per heavy atom. The van der Waals surface area contributed by atoms with E-state index in [0.717, 1.165) is 55.9 Å². The summed E-state index contributed by atoms with van der Waals surface area (Å²) in [5.41, 5.74) is 6.00. The van der Waals surface area contributed by atoms with Crippen molar-refractivity contribution >= 4 is 17.3 Å². The Hall–Kier alpha value is -2.19. The normalized spacial score (nSPS) is 20.6. The van der Waals surface area contributed by atoms with E-state index in [1.807, 2.05) is 18.2 Å². The number of nitrogens with zero attached hydrogens (tertiary/aromatic N) is 3. The van der Waals surface area contributed by atoms with Crippen LogP contribution in [0.1, 0.15) is 17.3 Å². The first-order valence-corrected chi connectivity index (χ1v) is 9.98. The fraction of sp³-hybridized carbons (Fsp3) is 0.381. The summed E-state index contributed by atoms with van der Waals surface area (Å²) in [4.78, 5) is 4.60. The second-order valence-corrected chi connectivity index (χ2v) is 7.37. The van der Waals surface area contributed by atoms with Crippen molar-refractivity contribution in [1.82, 2.24) is 20.2 Å². The lowest BCUT2D eigenvalue weighted by Gasteiger charge is -2.31. The molecule has 2 aromatic rings. The Morgan fingerprint density at radius 1 is 1.07 bits per heavy atom. The maximum atomic E-state index is 5.86. The first kappa shape index (κ1) is 19.1. The van der Waals surface area contributed by atoms with Gasteiger partial charge in [-0.05, 0) is 35.5 Å². The van der Waals surface area contributed by atoms with E-state index in [2.05, 4.69) is 56.6 Å². The van der Waals surface area contributed by atoms with Crippen LogP contribution in [-0.4, -0.2) is 60.0 Å². The summed E-state index contributed by atoms with van der Waals surface area (Å²) in [6.07, 6.45) is -0.0142.